The Hall–Kier alpha value is -3.51. The second-order valence-electron chi connectivity index (χ2n) is 7.62. The number of para-hydroxylation sites is 1. The fourth-order valence-corrected chi connectivity index (χ4v) is 4.64. The van der Waals surface area contributed by atoms with Gasteiger partial charge in [-0.3, -0.25) is 0 Å². The van der Waals surface area contributed by atoms with Crippen molar-refractivity contribution in [3.8, 4) is 33.8 Å². The number of aromatic nitrogens is 2. The lowest BCUT2D eigenvalue weighted by atomic mass is 9.99. The summed E-state index contributed by atoms with van der Waals surface area (Å²) in [4.78, 5) is 9.76. The number of hydrogen-bond donors (Lipinski definition) is 0. The lowest BCUT2D eigenvalue weighted by molar-refractivity contribution is 0.669. The van der Waals surface area contributed by atoms with E-state index in [0.29, 0.717) is 0 Å². The van der Waals surface area contributed by atoms with E-state index in [2.05, 4.69) is 83.3 Å². The summed E-state index contributed by atoms with van der Waals surface area (Å²) in [5.41, 5.74) is 7.02. The molecule has 2 aromatic heterocycles. The monoisotopic (exact) mass is 524 g/mol. The Morgan fingerprint density at radius 3 is 2.16 bits per heavy atom. The largest absolute Gasteiger partial charge is 0.456 e. The van der Waals surface area contributed by atoms with Gasteiger partial charge in [0.15, 0.2) is 5.82 Å². The van der Waals surface area contributed by atoms with Gasteiger partial charge in [0.25, 0.3) is 0 Å². The number of halogens is 1. The van der Waals surface area contributed by atoms with Gasteiger partial charge >= 0.3 is 0 Å². The number of furan rings is 1. The Labute approximate surface area is 198 Å². The molecule has 0 aliphatic heterocycles. The minimum atomic E-state index is 0.725. The zero-order valence-electron chi connectivity index (χ0n) is 17.0. The highest BCUT2D eigenvalue weighted by Crippen LogP contribution is 2.34. The third-order valence-corrected chi connectivity index (χ3v) is 6.17. The van der Waals surface area contributed by atoms with Crippen molar-refractivity contribution in [1.82, 2.24) is 9.97 Å². The highest BCUT2D eigenvalue weighted by Gasteiger charge is 2.14. The van der Waals surface area contributed by atoms with Gasteiger partial charge in [-0.15, -0.1) is 0 Å². The van der Waals surface area contributed by atoms with Crippen LogP contribution in [0.2, 0.25) is 0 Å². The SMILES string of the molecule is Ic1cc(-c2ccc3oc4ccccc4c3c2)nc(-c2ccccc2-c2ccccc2)n1. The van der Waals surface area contributed by atoms with Gasteiger partial charge in [0.2, 0.25) is 0 Å². The van der Waals surface area contributed by atoms with Gasteiger partial charge in [0, 0.05) is 21.9 Å². The van der Waals surface area contributed by atoms with Crippen LogP contribution in [0.3, 0.4) is 0 Å². The average Bonchev–Trinajstić information content (AvgIpc) is 3.22. The molecule has 0 aliphatic carbocycles. The van der Waals surface area contributed by atoms with Crippen LogP contribution in [0.1, 0.15) is 0 Å². The van der Waals surface area contributed by atoms with Crippen LogP contribution in [0.25, 0.3) is 55.7 Å². The number of hydrogen-bond acceptors (Lipinski definition) is 3. The Bertz CT molecular complexity index is 1590. The molecule has 0 spiro atoms. The summed E-state index contributed by atoms with van der Waals surface area (Å²) in [6, 6.07) is 35.1. The Morgan fingerprint density at radius 1 is 0.562 bits per heavy atom. The van der Waals surface area contributed by atoms with E-state index in [0.717, 1.165) is 59.4 Å². The molecular formula is C28H17IN2O. The molecule has 0 radical (unpaired) electrons. The summed E-state index contributed by atoms with van der Waals surface area (Å²) in [5.74, 6) is 0.725. The van der Waals surface area contributed by atoms with E-state index in [9.17, 15) is 0 Å². The van der Waals surface area contributed by atoms with Crippen LogP contribution < -0.4 is 0 Å². The first kappa shape index (κ1) is 19.2. The summed E-state index contributed by atoms with van der Waals surface area (Å²) >= 11 is 2.27. The molecule has 152 valence electrons. The van der Waals surface area contributed by atoms with E-state index in [1.54, 1.807) is 0 Å². The molecule has 0 bridgehead atoms. The Kier molecular flexibility index (Phi) is 4.72. The predicted molar refractivity (Wildman–Crippen MR) is 138 cm³/mol. The fraction of sp³-hybridized carbons (Fsp3) is 0. The lowest BCUT2D eigenvalue weighted by Crippen LogP contribution is -1.96. The van der Waals surface area contributed by atoms with Crippen molar-refractivity contribution in [1.29, 1.82) is 0 Å². The first-order chi connectivity index (χ1) is 15.8. The smallest absolute Gasteiger partial charge is 0.161 e. The number of rotatable bonds is 3. The second-order valence-corrected chi connectivity index (χ2v) is 8.73. The summed E-state index contributed by atoms with van der Waals surface area (Å²) < 4.78 is 6.90. The maximum absolute atomic E-state index is 5.99. The minimum Gasteiger partial charge on any atom is -0.456 e. The van der Waals surface area contributed by atoms with Gasteiger partial charge in [-0.25, -0.2) is 9.97 Å². The maximum atomic E-state index is 5.99. The van der Waals surface area contributed by atoms with E-state index in [1.807, 2.05) is 42.5 Å². The van der Waals surface area contributed by atoms with Crippen LogP contribution in [0.15, 0.2) is 108 Å². The van der Waals surface area contributed by atoms with Gasteiger partial charge in [0.1, 0.15) is 14.9 Å². The molecule has 0 saturated heterocycles. The van der Waals surface area contributed by atoms with Gasteiger partial charge < -0.3 is 4.42 Å². The van der Waals surface area contributed by atoms with E-state index in [-0.39, 0.29) is 0 Å². The van der Waals surface area contributed by atoms with E-state index < -0.39 is 0 Å². The molecule has 0 aliphatic rings. The molecule has 3 nitrogen and oxygen atoms in total. The molecule has 0 N–H and O–H groups in total. The van der Waals surface area contributed by atoms with Crippen LogP contribution in [0, 0.1) is 3.70 Å². The van der Waals surface area contributed by atoms with E-state index in [4.69, 9.17) is 14.4 Å². The minimum absolute atomic E-state index is 0.725. The van der Waals surface area contributed by atoms with Crippen molar-refractivity contribution in [3.05, 3.63) is 107 Å². The molecule has 0 saturated carbocycles. The topological polar surface area (TPSA) is 38.9 Å². The van der Waals surface area contributed by atoms with Crippen molar-refractivity contribution in [3.63, 3.8) is 0 Å². The molecule has 0 unspecified atom stereocenters. The van der Waals surface area contributed by atoms with Crippen molar-refractivity contribution >= 4 is 44.5 Å². The number of benzene rings is 4. The third kappa shape index (κ3) is 3.37. The van der Waals surface area contributed by atoms with Gasteiger partial charge in [0.05, 0.1) is 5.69 Å². The number of nitrogens with zero attached hydrogens (tertiary/aromatic N) is 2. The van der Waals surface area contributed by atoms with Crippen LogP contribution in [-0.2, 0) is 0 Å². The average molecular weight is 524 g/mol. The first-order valence-corrected chi connectivity index (χ1v) is 11.5. The quantitative estimate of drug-likeness (QED) is 0.174. The maximum Gasteiger partial charge on any atom is 0.161 e. The third-order valence-electron chi connectivity index (χ3n) is 5.62. The molecular weight excluding hydrogens is 507 g/mol. The molecule has 6 rings (SSSR count). The van der Waals surface area contributed by atoms with E-state index >= 15 is 0 Å². The Morgan fingerprint density at radius 2 is 1.28 bits per heavy atom. The van der Waals surface area contributed by atoms with Crippen molar-refractivity contribution < 1.29 is 4.42 Å². The molecule has 0 amide bonds. The summed E-state index contributed by atoms with van der Waals surface area (Å²) in [7, 11) is 0. The molecule has 0 atom stereocenters. The number of fused-ring (bicyclic) bond motifs is 3. The van der Waals surface area contributed by atoms with Gasteiger partial charge in [-0.05, 0) is 64.0 Å². The van der Waals surface area contributed by atoms with Crippen LogP contribution in [-0.4, -0.2) is 9.97 Å². The summed E-state index contributed by atoms with van der Waals surface area (Å²) in [6.07, 6.45) is 0. The predicted octanol–water partition coefficient (Wildman–Crippen LogP) is 7.98. The first-order valence-electron chi connectivity index (χ1n) is 10.4. The second kappa shape index (κ2) is 7.88. The standard InChI is InChI=1S/C28H17IN2O/c29-27-17-24(19-14-15-26-23(16-19)21-11-6-7-13-25(21)32-26)30-28(31-27)22-12-5-4-10-20(22)18-8-2-1-3-9-18/h1-17H. The summed E-state index contributed by atoms with van der Waals surface area (Å²) in [5, 5.41) is 2.21. The van der Waals surface area contributed by atoms with Crippen LogP contribution in [0.5, 0.6) is 0 Å². The van der Waals surface area contributed by atoms with Crippen LogP contribution in [0.4, 0.5) is 0 Å². The Balaban J connectivity index is 1.52. The highest BCUT2D eigenvalue weighted by atomic mass is 127. The van der Waals surface area contributed by atoms with Gasteiger partial charge in [-0.2, -0.15) is 0 Å². The molecule has 4 aromatic carbocycles. The van der Waals surface area contributed by atoms with Crippen LogP contribution >= 0.6 is 22.6 Å². The fourth-order valence-electron chi connectivity index (χ4n) is 4.12. The highest BCUT2D eigenvalue weighted by molar-refractivity contribution is 14.1. The zero-order chi connectivity index (χ0) is 21.5. The van der Waals surface area contributed by atoms with Crippen molar-refractivity contribution in [2.45, 2.75) is 0 Å². The van der Waals surface area contributed by atoms with Crippen molar-refractivity contribution in [2.24, 2.45) is 0 Å². The molecule has 2 heterocycles. The molecule has 6 aromatic rings. The molecule has 4 heteroatoms. The summed E-state index contributed by atoms with van der Waals surface area (Å²) in [6.45, 7) is 0. The lowest BCUT2D eigenvalue weighted by Gasteiger charge is -2.11. The molecule has 32 heavy (non-hydrogen) atoms. The normalized spacial score (nSPS) is 11.3. The van der Waals surface area contributed by atoms with Crippen molar-refractivity contribution in [2.75, 3.05) is 0 Å². The zero-order valence-corrected chi connectivity index (χ0v) is 19.2. The van der Waals surface area contributed by atoms with Gasteiger partial charge in [-0.1, -0.05) is 72.8 Å². The molecule has 0 fully saturated rings. The van der Waals surface area contributed by atoms with E-state index in [1.165, 1.54) is 0 Å².